The number of carbonyl (C=O) groups is 1. The Kier molecular flexibility index (Phi) is 5.43. The minimum atomic E-state index is -0.881. The Balaban J connectivity index is 1.82. The zero-order valence-electron chi connectivity index (χ0n) is 13.7. The van der Waals surface area contributed by atoms with E-state index in [1.54, 1.807) is 6.07 Å². The number of nitrogens with zero attached hydrogens (tertiary/aromatic N) is 2. The highest BCUT2D eigenvalue weighted by Gasteiger charge is 2.27. The standard InChI is InChI=1S/C19H20ClFN2O2/c20-15-6-4-14(5-7-15)13-23(18-3-1-2-16(21)12-18)17-8-10-22(11-9-17)19(24)25/h1-7,12,17H,8-11,13H2,(H,24,25). The van der Waals surface area contributed by atoms with Gasteiger partial charge in [-0.15, -0.1) is 0 Å². The quantitative estimate of drug-likeness (QED) is 0.862. The van der Waals surface area contributed by atoms with E-state index in [1.807, 2.05) is 30.3 Å². The summed E-state index contributed by atoms with van der Waals surface area (Å²) in [5, 5.41) is 9.80. The molecule has 0 aliphatic carbocycles. The minimum Gasteiger partial charge on any atom is -0.465 e. The van der Waals surface area contributed by atoms with E-state index in [4.69, 9.17) is 16.7 Å². The van der Waals surface area contributed by atoms with Crippen molar-refractivity contribution in [2.24, 2.45) is 0 Å². The highest BCUT2D eigenvalue weighted by molar-refractivity contribution is 6.30. The van der Waals surface area contributed by atoms with Crippen molar-refractivity contribution in [3.63, 3.8) is 0 Å². The maximum atomic E-state index is 13.7. The van der Waals surface area contributed by atoms with Gasteiger partial charge in [0.25, 0.3) is 0 Å². The summed E-state index contributed by atoms with van der Waals surface area (Å²) in [5.41, 5.74) is 1.89. The average molecular weight is 363 g/mol. The molecule has 3 rings (SSSR count). The lowest BCUT2D eigenvalue weighted by Crippen LogP contribution is -2.46. The van der Waals surface area contributed by atoms with Crippen LogP contribution < -0.4 is 4.90 Å². The molecule has 2 aromatic rings. The summed E-state index contributed by atoms with van der Waals surface area (Å²) in [5.74, 6) is -0.276. The van der Waals surface area contributed by atoms with Crippen LogP contribution in [0.2, 0.25) is 5.02 Å². The molecule has 1 saturated heterocycles. The van der Waals surface area contributed by atoms with Crippen molar-refractivity contribution in [2.45, 2.75) is 25.4 Å². The molecule has 0 spiro atoms. The Morgan fingerprint density at radius 1 is 1.20 bits per heavy atom. The van der Waals surface area contributed by atoms with Crippen LogP contribution in [-0.2, 0) is 6.54 Å². The second-order valence-corrected chi connectivity index (χ2v) is 6.67. The molecular weight excluding hydrogens is 343 g/mol. The van der Waals surface area contributed by atoms with Gasteiger partial charge >= 0.3 is 6.09 Å². The Bertz CT molecular complexity index is 730. The van der Waals surface area contributed by atoms with Crippen LogP contribution in [0.3, 0.4) is 0 Å². The molecule has 1 aliphatic heterocycles. The second kappa shape index (κ2) is 7.74. The van der Waals surface area contributed by atoms with E-state index < -0.39 is 6.09 Å². The summed E-state index contributed by atoms with van der Waals surface area (Å²) in [6, 6.07) is 14.3. The average Bonchev–Trinajstić information content (AvgIpc) is 2.61. The molecule has 1 fully saturated rings. The third-order valence-corrected chi connectivity index (χ3v) is 4.83. The van der Waals surface area contributed by atoms with Gasteiger partial charge in [0.05, 0.1) is 0 Å². The third kappa shape index (κ3) is 4.42. The molecule has 1 amide bonds. The number of benzene rings is 2. The zero-order chi connectivity index (χ0) is 17.8. The number of hydrogen-bond donors (Lipinski definition) is 1. The van der Waals surface area contributed by atoms with E-state index in [0.29, 0.717) is 24.7 Å². The molecule has 6 heteroatoms. The Morgan fingerprint density at radius 3 is 2.48 bits per heavy atom. The van der Waals surface area contributed by atoms with E-state index in [9.17, 15) is 9.18 Å². The van der Waals surface area contributed by atoms with Crippen molar-refractivity contribution < 1.29 is 14.3 Å². The fourth-order valence-electron chi connectivity index (χ4n) is 3.24. The van der Waals surface area contributed by atoms with Gasteiger partial charge in [-0.1, -0.05) is 29.8 Å². The number of piperidine rings is 1. The maximum absolute atomic E-state index is 13.7. The summed E-state index contributed by atoms with van der Waals surface area (Å²) in [4.78, 5) is 14.7. The van der Waals surface area contributed by atoms with Gasteiger partial charge in [-0.05, 0) is 48.7 Å². The van der Waals surface area contributed by atoms with Gasteiger partial charge in [-0.3, -0.25) is 0 Å². The molecule has 1 N–H and O–H groups in total. The van der Waals surface area contributed by atoms with Crippen LogP contribution in [0.1, 0.15) is 18.4 Å². The molecule has 0 aromatic heterocycles. The lowest BCUT2D eigenvalue weighted by Gasteiger charge is -2.39. The van der Waals surface area contributed by atoms with Crippen molar-refractivity contribution in [3.05, 3.63) is 64.9 Å². The smallest absolute Gasteiger partial charge is 0.407 e. The molecule has 0 atom stereocenters. The fourth-order valence-corrected chi connectivity index (χ4v) is 3.37. The van der Waals surface area contributed by atoms with E-state index in [0.717, 1.165) is 24.1 Å². The second-order valence-electron chi connectivity index (χ2n) is 6.24. The first kappa shape index (κ1) is 17.5. The van der Waals surface area contributed by atoms with Crippen molar-refractivity contribution in [1.29, 1.82) is 0 Å². The first-order valence-electron chi connectivity index (χ1n) is 8.27. The summed E-state index contributed by atoms with van der Waals surface area (Å²) < 4.78 is 13.7. The summed E-state index contributed by atoms with van der Waals surface area (Å²) in [6.45, 7) is 1.61. The number of carboxylic acid groups (broad SMARTS) is 1. The molecule has 0 radical (unpaired) electrons. The van der Waals surface area contributed by atoms with Crippen LogP contribution in [0.4, 0.5) is 14.9 Å². The SMILES string of the molecule is O=C(O)N1CCC(N(Cc2ccc(Cl)cc2)c2cccc(F)c2)CC1. The largest absolute Gasteiger partial charge is 0.465 e. The third-order valence-electron chi connectivity index (χ3n) is 4.58. The molecule has 0 bridgehead atoms. The number of anilines is 1. The zero-order valence-corrected chi connectivity index (χ0v) is 14.5. The monoisotopic (exact) mass is 362 g/mol. The number of hydrogen-bond acceptors (Lipinski definition) is 2. The lowest BCUT2D eigenvalue weighted by atomic mass is 10.0. The van der Waals surface area contributed by atoms with E-state index in [2.05, 4.69) is 4.90 Å². The van der Waals surface area contributed by atoms with Crippen LogP contribution >= 0.6 is 11.6 Å². The van der Waals surface area contributed by atoms with Crippen molar-refractivity contribution in [3.8, 4) is 0 Å². The number of amides is 1. The molecule has 132 valence electrons. The normalized spacial score (nSPS) is 15.2. The minimum absolute atomic E-state index is 0.160. The first-order valence-corrected chi connectivity index (χ1v) is 8.65. The molecule has 2 aromatic carbocycles. The summed E-state index contributed by atoms with van der Waals surface area (Å²) in [6.07, 6.45) is 0.556. The van der Waals surface area contributed by atoms with Gasteiger partial charge in [0.1, 0.15) is 5.82 Å². The highest BCUT2D eigenvalue weighted by atomic mass is 35.5. The highest BCUT2D eigenvalue weighted by Crippen LogP contribution is 2.27. The topological polar surface area (TPSA) is 43.8 Å². The van der Waals surface area contributed by atoms with E-state index >= 15 is 0 Å². The summed E-state index contributed by atoms with van der Waals surface area (Å²) in [7, 11) is 0. The molecule has 1 heterocycles. The number of halogens is 2. The van der Waals surface area contributed by atoms with E-state index in [1.165, 1.54) is 17.0 Å². The Labute approximate surface area is 151 Å². The molecule has 1 aliphatic rings. The number of rotatable bonds is 4. The van der Waals surface area contributed by atoms with Crippen LogP contribution in [0.5, 0.6) is 0 Å². The Morgan fingerprint density at radius 2 is 1.88 bits per heavy atom. The molecule has 4 nitrogen and oxygen atoms in total. The molecule has 25 heavy (non-hydrogen) atoms. The predicted octanol–water partition coefficient (Wildman–Crippen LogP) is 4.63. The first-order chi connectivity index (χ1) is 12.0. The molecule has 0 saturated carbocycles. The van der Waals surface area contributed by atoms with Gasteiger partial charge in [0.15, 0.2) is 0 Å². The summed E-state index contributed by atoms with van der Waals surface area (Å²) >= 11 is 5.96. The maximum Gasteiger partial charge on any atom is 0.407 e. The van der Waals surface area contributed by atoms with Crippen LogP contribution in [-0.4, -0.2) is 35.2 Å². The van der Waals surface area contributed by atoms with Crippen LogP contribution in [0, 0.1) is 5.82 Å². The lowest BCUT2D eigenvalue weighted by molar-refractivity contribution is 0.131. The fraction of sp³-hybridized carbons (Fsp3) is 0.316. The van der Waals surface area contributed by atoms with Gasteiger partial charge in [0.2, 0.25) is 0 Å². The van der Waals surface area contributed by atoms with Crippen LogP contribution in [0.25, 0.3) is 0 Å². The van der Waals surface area contributed by atoms with Gasteiger partial charge in [-0.2, -0.15) is 0 Å². The van der Waals surface area contributed by atoms with Gasteiger partial charge in [-0.25, -0.2) is 9.18 Å². The molecule has 0 unspecified atom stereocenters. The predicted molar refractivity (Wildman–Crippen MR) is 96.7 cm³/mol. The van der Waals surface area contributed by atoms with Crippen molar-refractivity contribution >= 4 is 23.4 Å². The van der Waals surface area contributed by atoms with Gasteiger partial charge in [0, 0.05) is 36.4 Å². The van der Waals surface area contributed by atoms with Gasteiger partial charge < -0.3 is 14.9 Å². The Hall–Kier alpha value is -2.27. The van der Waals surface area contributed by atoms with E-state index in [-0.39, 0.29) is 11.9 Å². The number of likely N-dealkylation sites (tertiary alicyclic amines) is 1. The van der Waals surface area contributed by atoms with Crippen molar-refractivity contribution in [1.82, 2.24) is 4.90 Å². The molecular formula is C19H20ClFN2O2. The van der Waals surface area contributed by atoms with Crippen molar-refractivity contribution in [2.75, 3.05) is 18.0 Å². The van der Waals surface area contributed by atoms with Crippen LogP contribution in [0.15, 0.2) is 48.5 Å².